The molecule has 0 amide bonds. The lowest BCUT2D eigenvalue weighted by atomic mass is 9.92. The monoisotopic (exact) mass is 207 g/mol. The number of nitrogens with zero attached hydrogens (tertiary/aromatic N) is 1. The van der Waals surface area contributed by atoms with Crippen molar-refractivity contribution in [3.05, 3.63) is 17.0 Å². The number of aromatic amines is 1. The van der Waals surface area contributed by atoms with Crippen LogP contribution in [0, 0.1) is 0 Å². The lowest BCUT2D eigenvalue weighted by Crippen LogP contribution is -2.32. The van der Waals surface area contributed by atoms with Gasteiger partial charge in [-0.3, -0.25) is 5.10 Å². The molecular weight excluding hydrogens is 186 g/mol. The Morgan fingerprint density at radius 2 is 2.07 bits per heavy atom. The first-order valence-electron chi connectivity index (χ1n) is 5.90. The highest BCUT2D eigenvalue weighted by Crippen LogP contribution is 2.23. The number of aryl methyl sites for hydroxylation is 2. The van der Waals surface area contributed by atoms with Gasteiger partial charge < -0.3 is 5.73 Å². The maximum atomic E-state index is 5.99. The number of H-pyrrole nitrogens is 1. The predicted molar refractivity (Wildman–Crippen MR) is 61.8 cm³/mol. The first-order chi connectivity index (χ1) is 7.06. The quantitative estimate of drug-likeness (QED) is 0.796. The highest BCUT2D eigenvalue weighted by Gasteiger charge is 2.18. The molecular formula is C12H21N3. The Morgan fingerprint density at radius 1 is 1.33 bits per heavy atom. The number of hydrogen-bond acceptors (Lipinski definition) is 2. The summed E-state index contributed by atoms with van der Waals surface area (Å²) in [5.41, 5.74) is 10.0. The number of nitrogens with one attached hydrogen (secondary N) is 1. The van der Waals surface area contributed by atoms with Gasteiger partial charge in [-0.1, -0.05) is 0 Å². The van der Waals surface area contributed by atoms with Crippen molar-refractivity contribution in [3.63, 3.8) is 0 Å². The van der Waals surface area contributed by atoms with Crippen LogP contribution >= 0.6 is 0 Å². The van der Waals surface area contributed by atoms with Gasteiger partial charge in [-0.05, 0) is 57.9 Å². The Kier molecular flexibility index (Phi) is 2.83. The molecule has 0 aromatic carbocycles. The first kappa shape index (κ1) is 10.7. The maximum absolute atomic E-state index is 5.99. The van der Waals surface area contributed by atoms with E-state index in [4.69, 9.17) is 5.73 Å². The van der Waals surface area contributed by atoms with Crippen LogP contribution in [-0.4, -0.2) is 15.7 Å². The van der Waals surface area contributed by atoms with E-state index in [1.807, 2.05) is 0 Å². The molecule has 0 saturated heterocycles. The maximum Gasteiger partial charge on any atom is 0.0657 e. The molecule has 0 atom stereocenters. The van der Waals surface area contributed by atoms with Crippen LogP contribution in [0.25, 0.3) is 0 Å². The average Bonchev–Trinajstić information content (AvgIpc) is 2.57. The molecule has 84 valence electrons. The second-order valence-corrected chi connectivity index (χ2v) is 5.32. The number of nitrogens with two attached hydrogens (primary N) is 1. The van der Waals surface area contributed by atoms with E-state index in [1.54, 1.807) is 0 Å². The Bertz CT molecular complexity index is 333. The summed E-state index contributed by atoms with van der Waals surface area (Å²) in [4.78, 5) is 0. The fraction of sp³-hybridized carbons (Fsp3) is 0.750. The molecule has 0 unspecified atom stereocenters. The number of hydrogen-bond donors (Lipinski definition) is 2. The lowest BCUT2D eigenvalue weighted by molar-refractivity contribution is 0.473. The number of rotatable bonds is 3. The molecule has 0 fully saturated rings. The van der Waals surface area contributed by atoms with Crippen molar-refractivity contribution in [1.82, 2.24) is 10.2 Å². The van der Waals surface area contributed by atoms with Crippen LogP contribution in [0.4, 0.5) is 0 Å². The summed E-state index contributed by atoms with van der Waals surface area (Å²) in [6.07, 6.45) is 7.00. The van der Waals surface area contributed by atoms with Gasteiger partial charge in [-0.25, -0.2) is 0 Å². The largest absolute Gasteiger partial charge is 0.326 e. The third kappa shape index (κ3) is 2.59. The molecule has 1 aliphatic carbocycles. The standard InChI is InChI=1S/C12H21N3/c1-12(2,13)8-7-11-9-5-3-4-6-10(9)14-15-11/h3-8,13H2,1-2H3,(H,14,15). The summed E-state index contributed by atoms with van der Waals surface area (Å²) in [7, 11) is 0. The smallest absolute Gasteiger partial charge is 0.0657 e. The molecule has 1 aliphatic rings. The van der Waals surface area contributed by atoms with Crippen LogP contribution in [0.5, 0.6) is 0 Å². The topological polar surface area (TPSA) is 54.7 Å². The molecule has 3 nitrogen and oxygen atoms in total. The van der Waals surface area contributed by atoms with Crippen molar-refractivity contribution in [2.24, 2.45) is 5.73 Å². The van der Waals surface area contributed by atoms with Crippen LogP contribution in [0.1, 0.15) is 50.1 Å². The Hall–Kier alpha value is -0.830. The molecule has 2 rings (SSSR count). The van der Waals surface area contributed by atoms with E-state index >= 15 is 0 Å². The molecule has 15 heavy (non-hydrogen) atoms. The molecule has 0 spiro atoms. The second kappa shape index (κ2) is 3.97. The zero-order valence-electron chi connectivity index (χ0n) is 9.77. The van der Waals surface area contributed by atoms with Gasteiger partial charge in [0.1, 0.15) is 0 Å². The highest BCUT2D eigenvalue weighted by atomic mass is 15.1. The Morgan fingerprint density at radius 3 is 2.80 bits per heavy atom. The Balaban J connectivity index is 2.06. The third-order valence-electron chi connectivity index (χ3n) is 3.15. The van der Waals surface area contributed by atoms with Crippen molar-refractivity contribution in [2.75, 3.05) is 0 Å². The van der Waals surface area contributed by atoms with E-state index in [0.29, 0.717) is 0 Å². The van der Waals surface area contributed by atoms with Crippen molar-refractivity contribution in [3.8, 4) is 0 Å². The minimum Gasteiger partial charge on any atom is -0.326 e. The average molecular weight is 207 g/mol. The highest BCUT2D eigenvalue weighted by molar-refractivity contribution is 5.27. The first-order valence-corrected chi connectivity index (χ1v) is 5.90. The molecule has 3 N–H and O–H groups in total. The van der Waals surface area contributed by atoms with Gasteiger partial charge in [-0.2, -0.15) is 5.10 Å². The van der Waals surface area contributed by atoms with E-state index in [2.05, 4.69) is 24.0 Å². The van der Waals surface area contributed by atoms with Crippen molar-refractivity contribution >= 4 is 0 Å². The molecule has 0 bridgehead atoms. The van der Waals surface area contributed by atoms with Crippen molar-refractivity contribution in [1.29, 1.82) is 0 Å². The van der Waals surface area contributed by atoms with Gasteiger partial charge >= 0.3 is 0 Å². The third-order valence-corrected chi connectivity index (χ3v) is 3.15. The molecule has 1 heterocycles. The fourth-order valence-electron chi connectivity index (χ4n) is 2.20. The van der Waals surface area contributed by atoms with Crippen molar-refractivity contribution in [2.45, 2.75) is 57.9 Å². The van der Waals surface area contributed by atoms with Crippen LogP contribution in [0.3, 0.4) is 0 Å². The molecule has 1 aromatic rings. The van der Waals surface area contributed by atoms with Gasteiger partial charge in [0.2, 0.25) is 0 Å². The summed E-state index contributed by atoms with van der Waals surface area (Å²) in [6, 6.07) is 0. The molecule has 0 aliphatic heterocycles. The minimum atomic E-state index is -0.0828. The summed E-state index contributed by atoms with van der Waals surface area (Å²) >= 11 is 0. The summed E-state index contributed by atoms with van der Waals surface area (Å²) in [5.74, 6) is 0. The van der Waals surface area contributed by atoms with E-state index in [-0.39, 0.29) is 5.54 Å². The van der Waals surface area contributed by atoms with Gasteiger partial charge in [0.05, 0.1) is 5.69 Å². The zero-order valence-corrected chi connectivity index (χ0v) is 9.77. The summed E-state index contributed by atoms with van der Waals surface area (Å²) in [5, 5.41) is 7.59. The van der Waals surface area contributed by atoms with Gasteiger partial charge in [0.15, 0.2) is 0 Å². The summed E-state index contributed by atoms with van der Waals surface area (Å²) < 4.78 is 0. The van der Waals surface area contributed by atoms with Gasteiger partial charge in [0, 0.05) is 11.2 Å². The van der Waals surface area contributed by atoms with Gasteiger partial charge in [-0.15, -0.1) is 0 Å². The number of fused-ring (bicyclic) bond motifs is 1. The van der Waals surface area contributed by atoms with E-state index in [9.17, 15) is 0 Å². The van der Waals surface area contributed by atoms with Crippen LogP contribution in [-0.2, 0) is 19.3 Å². The van der Waals surface area contributed by atoms with E-state index < -0.39 is 0 Å². The Labute approximate surface area is 91.4 Å². The molecule has 0 radical (unpaired) electrons. The molecule has 3 heteroatoms. The van der Waals surface area contributed by atoms with Crippen LogP contribution in [0.2, 0.25) is 0 Å². The summed E-state index contributed by atoms with van der Waals surface area (Å²) in [6.45, 7) is 4.15. The lowest BCUT2D eigenvalue weighted by Gasteiger charge is -2.18. The minimum absolute atomic E-state index is 0.0828. The van der Waals surface area contributed by atoms with E-state index in [0.717, 1.165) is 12.8 Å². The fourth-order valence-corrected chi connectivity index (χ4v) is 2.20. The second-order valence-electron chi connectivity index (χ2n) is 5.32. The predicted octanol–water partition coefficient (Wildman–Crippen LogP) is 1.96. The molecule has 0 saturated carbocycles. The number of aromatic nitrogens is 2. The zero-order chi connectivity index (χ0) is 10.9. The van der Waals surface area contributed by atoms with Crippen LogP contribution < -0.4 is 5.73 Å². The van der Waals surface area contributed by atoms with Crippen LogP contribution in [0.15, 0.2) is 0 Å². The van der Waals surface area contributed by atoms with Crippen molar-refractivity contribution < 1.29 is 0 Å². The van der Waals surface area contributed by atoms with E-state index in [1.165, 1.54) is 42.6 Å². The molecule has 1 aromatic heterocycles. The van der Waals surface area contributed by atoms with Gasteiger partial charge in [0.25, 0.3) is 0 Å². The SMILES string of the molecule is CC(C)(N)CCc1n[nH]c2c1CCCC2. The normalized spacial score (nSPS) is 16.5.